The first-order valence-corrected chi connectivity index (χ1v) is 17.2. The summed E-state index contributed by atoms with van der Waals surface area (Å²) in [7, 11) is -1.55. The minimum atomic E-state index is -3.72. The van der Waals surface area contributed by atoms with Crippen LogP contribution in [0.25, 0.3) is 32.0 Å². The highest BCUT2D eigenvalue weighted by Crippen LogP contribution is 2.36. The van der Waals surface area contributed by atoms with Gasteiger partial charge in [0, 0.05) is 29.0 Å². The molecule has 3 aromatic carbocycles. The fourth-order valence-corrected chi connectivity index (χ4v) is 6.80. The maximum Gasteiger partial charge on any atom is 0.296 e. The van der Waals surface area contributed by atoms with Gasteiger partial charge in [0.25, 0.3) is 10.1 Å². The topological polar surface area (TPSA) is 46.6 Å². The Hall–Kier alpha value is -2.93. The monoisotopic (exact) mass is 589 g/mol. The molecule has 0 N–H and O–H groups in total. The van der Waals surface area contributed by atoms with Gasteiger partial charge >= 0.3 is 0 Å². The molecule has 0 aliphatic carbocycles. The largest absolute Gasteiger partial charge is 0.375 e. The van der Waals surface area contributed by atoms with Gasteiger partial charge < -0.3 is 4.90 Å². The van der Waals surface area contributed by atoms with Crippen LogP contribution < -0.4 is 4.90 Å². The molecule has 41 heavy (non-hydrogen) atoms. The van der Waals surface area contributed by atoms with Crippen molar-refractivity contribution in [2.75, 3.05) is 25.1 Å². The Kier molecular flexibility index (Phi) is 11.6. The van der Waals surface area contributed by atoms with Crippen LogP contribution in [0.2, 0.25) is 0 Å². The first-order chi connectivity index (χ1) is 19.9. The summed E-state index contributed by atoms with van der Waals surface area (Å²) in [6.45, 7) is 5.70. The van der Waals surface area contributed by atoms with E-state index in [0.717, 1.165) is 42.7 Å². The third-order valence-corrected chi connectivity index (χ3v) is 9.94. The lowest BCUT2D eigenvalue weighted by Crippen LogP contribution is -2.18. The van der Waals surface area contributed by atoms with Crippen LogP contribution in [0.5, 0.6) is 0 Å². The van der Waals surface area contributed by atoms with E-state index in [2.05, 4.69) is 86.5 Å². The highest BCUT2D eigenvalue weighted by atomic mass is 32.2. The second kappa shape index (κ2) is 15.3. The third kappa shape index (κ3) is 8.78. The molecule has 0 saturated heterocycles. The fourth-order valence-electron chi connectivity index (χ4n) is 4.84. The van der Waals surface area contributed by atoms with Crippen LogP contribution in [0.15, 0.2) is 89.8 Å². The molecular weight excluding hydrogens is 547 g/mol. The second-order valence-electron chi connectivity index (χ2n) is 10.6. The average Bonchev–Trinajstić information content (AvgIpc) is 3.50. The number of benzene rings is 3. The van der Waals surface area contributed by atoms with Gasteiger partial charge in [-0.1, -0.05) is 101 Å². The van der Waals surface area contributed by atoms with E-state index in [0.29, 0.717) is 0 Å². The molecule has 4 nitrogen and oxygen atoms in total. The Morgan fingerprint density at radius 1 is 0.610 bits per heavy atom. The van der Waals surface area contributed by atoms with E-state index >= 15 is 0 Å². The van der Waals surface area contributed by atoms with Crippen molar-refractivity contribution >= 4 is 27.1 Å². The van der Waals surface area contributed by atoms with Crippen LogP contribution in [-0.2, 0) is 14.3 Å². The molecule has 0 unspecified atom stereocenters. The first-order valence-electron chi connectivity index (χ1n) is 14.9. The van der Waals surface area contributed by atoms with Gasteiger partial charge in [0.2, 0.25) is 0 Å². The summed E-state index contributed by atoms with van der Waals surface area (Å²) in [6, 6.07) is 28.8. The Labute approximate surface area is 251 Å². The zero-order chi connectivity index (χ0) is 29.1. The van der Waals surface area contributed by atoms with Gasteiger partial charge in [0.15, 0.2) is 0 Å². The number of rotatable bonds is 16. The van der Waals surface area contributed by atoms with Crippen molar-refractivity contribution in [1.29, 1.82) is 0 Å². The molecular formula is C35H43NO3S2. The lowest BCUT2D eigenvalue weighted by molar-refractivity contribution is 0.307. The van der Waals surface area contributed by atoms with E-state index in [1.54, 1.807) is 23.5 Å². The zero-order valence-electron chi connectivity index (χ0n) is 24.6. The number of hydrogen-bond acceptors (Lipinski definition) is 5. The van der Waals surface area contributed by atoms with Crippen LogP contribution >= 0.6 is 11.3 Å². The number of thiophene rings is 1. The molecule has 0 fully saturated rings. The van der Waals surface area contributed by atoms with E-state index in [1.807, 2.05) is 12.1 Å². The van der Waals surface area contributed by atoms with E-state index < -0.39 is 10.1 Å². The van der Waals surface area contributed by atoms with Crippen molar-refractivity contribution in [2.24, 2.45) is 0 Å². The molecule has 0 saturated carbocycles. The highest BCUT2D eigenvalue weighted by Gasteiger charge is 2.15. The lowest BCUT2D eigenvalue weighted by atomic mass is 10.0. The Morgan fingerprint density at radius 3 is 1.66 bits per heavy atom. The van der Waals surface area contributed by atoms with Crippen molar-refractivity contribution in [1.82, 2.24) is 0 Å². The molecule has 0 aliphatic rings. The van der Waals surface area contributed by atoms with Crippen LogP contribution in [0, 0.1) is 0 Å². The van der Waals surface area contributed by atoms with Crippen LogP contribution in [-0.4, -0.2) is 28.6 Å². The molecule has 0 spiro atoms. The quantitative estimate of drug-likeness (QED) is 0.0964. The van der Waals surface area contributed by atoms with Crippen LogP contribution in [0.1, 0.15) is 65.2 Å². The van der Waals surface area contributed by atoms with Crippen molar-refractivity contribution in [3.8, 4) is 32.0 Å². The molecule has 4 rings (SSSR count). The van der Waals surface area contributed by atoms with Gasteiger partial charge in [-0.2, -0.15) is 8.42 Å². The molecule has 4 aromatic rings. The van der Waals surface area contributed by atoms with E-state index in [-0.39, 0.29) is 11.5 Å². The molecule has 218 valence electrons. The zero-order valence-corrected chi connectivity index (χ0v) is 26.3. The van der Waals surface area contributed by atoms with Gasteiger partial charge in [-0.15, -0.1) is 11.3 Å². The van der Waals surface area contributed by atoms with Crippen LogP contribution in [0.3, 0.4) is 0 Å². The molecule has 0 aliphatic heterocycles. The maximum absolute atomic E-state index is 12.5. The standard InChI is InChI=1S/C35H43NO3S2/c1-4-6-8-10-26-36(3)32-20-16-29(17-21-32)28-12-14-30(15-13-28)34-24-25-35(40-34)31-18-22-33(23-19-31)41(37,38)39-27-11-9-7-5-2/h12-25H,4-11,26-27H2,1-3H3. The van der Waals surface area contributed by atoms with Crippen molar-refractivity contribution in [2.45, 2.75) is 70.1 Å². The molecule has 0 radical (unpaired) electrons. The molecule has 0 bridgehead atoms. The number of hydrogen-bond donors (Lipinski definition) is 0. The van der Waals surface area contributed by atoms with Crippen LogP contribution in [0.4, 0.5) is 5.69 Å². The molecule has 0 amide bonds. The van der Waals surface area contributed by atoms with Gasteiger partial charge in [0.05, 0.1) is 11.5 Å². The van der Waals surface area contributed by atoms with Gasteiger partial charge in [-0.25, -0.2) is 0 Å². The number of anilines is 1. The Balaban J connectivity index is 1.36. The Morgan fingerprint density at radius 2 is 1.10 bits per heavy atom. The van der Waals surface area contributed by atoms with Crippen molar-refractivity contribution in [3.05, 3.63) is 84.9 Å². The molecule has 6 heteroatoms. The predicted molar refractivity (Wildman–Crippen MR) is 175 cm³/mol. The number of unbranched alkanes of at least 4 members (excludes halogenated alkanes) is 6. The molecule has 0 atom stereocenters. The normalized spacial score (nSPS) is 11.6. The van der Waals surface area contributed by atoms with E-state index in [9.17, 15) is 8.42 Å². The van der Waals surface area contributed by atoms with E-state index in [1.165, 1.54) is 52.9 Å². The SMILES string of the molecule is CCCCCCOS(=O)(=O)c1ccc(-c2ccc(-c3ccc(-c4ccc(N(C)CCCCCC)cc4)cc3)s2)cc1. The minimum Gasteiger partial charge on any atom is -0.375 e. The summed E-state index contributed by atoms with van der Waals surface area (Å²) < 4.78 is 30.3. The number of nitrogens with zero attached hydrogens (tertiary/aromatic N) is 1. The highest BCUT2D eigenvalue weighted by molar-refractivity contribution is 7.86. The van der Waals surface area contributed by atoms with Crippen molar-refractivity contribution < 1.29 is 12.6 Å². The summed E-state index contributed by atoms with van der Waals surface area (Å²) in [6.07, 6.45) is 9.05. The average molecular weight is 590 g/mol. The first kappa shape index (κ1) is 31.0. The van der Waals surface area contributed by atoms with Gasteiger partial charge in [-0.05, 0) is 71.5 Å². The molecule has 1 heterocycles. The summed E-state index contributed by atoms with van der Waals surface area (Å²) in [5.41, 5.74) is 5.84. The smallest absolute Gasteiger partial charge is 0.296 e. The molecule has 1 aromatic heterocycles. The summed E-state index contributed by atoms with van der Waals surface area (Å²) in [5.74, 6) is 0. The van der Waals surface area contributed by atoms with Gasteiger partial charge in [0.1, 0.15) is 0 Å². The predicted octanol–water partition coefficient (Wildman–Crippen LogP) is 10.1. The lowest BCUT2D eigenvalue weighted by Gasteiger charge is -2.19. The maximum atomic E-state index is 12.5. The van der Waals surface area contributed by atoms with Crippen molar-refractivity contribution in [3.63, 3.8) is 0 Å². The Bertz CT molecular complexity index is 1440. The second-order valence-corrected chi connectivity index (χ2v) is 13.3. The van der Waals surface area contributed by atoms with Gasteiger partial charge in [-0.3, -0.25) is 4.18 Å². The van der Waals surface area contributed by atoms with E-state index in [4.69, 9.17) is 4.18 Å². The fraction of sp³-hybridized carbons (Fsp3) is 0.371. The third-order valence-electron chi connectivity index (χ3n) is 7.43. The summed E-state index contributed by atoms with van der Waals surface area (Å²) in [5, 5.41) is 0. The summed E-state index contributed by atoms with van der Waals surface area (Å²) in [4.78, 5) is 4.82. The summed E-state index contributed by atoms with van der Waals surface area (Å²) >= 11 is 1.70. The minimum absolute atomic E-state index is 0.204.